The third-order valence-electron chi connectivity index (χ3n) is 3.69. The molecule has 0 atom stereocenters. The summed E-state index contributed by atoms with van der Waals surface area (Å²) >= 11 is 0. The minimum Gasteiger partial charge on any atom is -0.872 e. The third kappa shape index (κ3) is 3.27. The van der Waals surface area contributed by atoms with Crippen molar-refractivity contribution in [2.45, 2.75) is 39.0 Å². The highest BCUT2D eigenvalue weighted by Crippen LogP contribution is 2.32. The molecule has 0 aromatic heterocycles. The molecule has 0 aliphatic rings. The molecule has 0 spiro atoms. The van der Waals surface area contributed by atoms with Crippen LogP contribution in [0.3, 0.4) is 0 Å². The number of benzene rings is 2. The van der Waals surface area contributed by atoms with Gasteiger partial charge >= 0.3 is 5.97 Å². The molecule has 0 heterocycles. The van der Waals surface area contributed by atoms with Crippen LogP contribution in [0.1, 0.15) is 48.5 Å². The molecule has 2 aromatic rings. The second-order valence-corrected chi connectivity index (χ2v) is 5.25. The Morgan fingerprint density at radius 3 is 2.62 bits per heavy atom. The fraction of sp³-hybridized carbons (Fsp3) is 0.353. The largest absolute Gasteiger partial charge is 0.872 e. The summed E-state index contributed by atoms with van der Waals surface area (Å²) in [7, 11) is 0. The number of aromatic hydroxyl groups is 1. The molecule has 0 fully saturated rings. The maximum Gasteiger partial charge on any atom is 0.335 e. The minimum absolute atomic E-state index is 0.0762. The zero-order valence-electron chi connectivity index (χ0n) is 12.1. The van der Waals surface area contributed by atoms with Crippen LogP contribution in [0.25, 0.3) is 10.8 Å². The Hall–Kier alpha value is -2.23. The molecule has 0 aliphatic carbocycles. The number of unbranched alkanes of at least 4 members (excludes halogenated alkanes) is 3. The number of aromatic carboxylic acids is 1. The number of rotatable bonds is 6. The van der Waals surface area contributed by atoms with Gasteiger partial charge in [-0.05, 0) is 41.3 Å². The van der Waals surface area contributed by atoms with Gasteiger partial charge in [0.25, 0.3) is 0 Å². The van der Waals surface area contributed by atoms with Gasteiger partial charge in [0.05, 0.1) is 5.56 Å². The van der Waals surface area contributed by atoms with Gasteiger partial charge in [-0.15, -0.1) is 0 Å². The molecule has 0 saturated heterocycles. The van der Waals surface area contributed by atoms with Crippen molar-refractivity contribution in [3.8, 4) is 11.5 Å². The second kappa shape index (κ2) is 6.48. The Morgan fingerprint density at radius 2 is 1.95 bits per heavy atom. The molecular formula is C17H19O4-. The van der Waals surface area contributed by atoms with E-state index in [2.05, 4.69) is 6.92 Å². The van der Waals surface area contributed by atoms with Crippen LogP contribution in [0.2, 0.25) is 0 Å². The number of phenolic OH excluding ortho intramolecular Hbond substituents is 1. The van der Waals surface area contributed by atoms with E-state index in [0.717, 1.165) is 25.7 Å². The molecule has 0 amide bonds. The molecule has 0 bridgehead atoms. The van der Waals surface area contributed by atoms with Crippen molar-refractivity contribution in [1.29, 1.82) is 0 Å². The summed E-state index contributed by atoms with van der Waals surface area (Å²) in [6.45, 7) is 2.11. The highest BCUT2D eigenvalue weighted by molar-refractivity contribution is 6.01. The Balaban J connectivity index is 2.52. The lowest BCUT2D eigenvalue weighted by atomic mass is 9.93. The maximum atomic E-state index is 12.0. The second-order valence-electron chi connectivity index (χ2n) is 5.25. The number of hydrogen-bond acceptors (Lipinski definition) is 3. The van der Waals surface area contributed by atoms with E-state index >= 15 is 0 Å². The molecule has 0 aliphatic heterocycles. The molecule has 0 radical (unpaired) electrons. The molecule has 0 unspecified atom stereocenters. The SMILES string of the molecule is CCCCCCc1c(C(=O)O)c([O-])cc2ccc(O)cc12. The Morgan fingerprint density at radius 1 is 1.19 bits per heavy atom. The predicted molar refractivity (Wildman–Crippen MR) is 79.9 cm³/mol. The van der Waals surface area contributed by atoms with E-state index in [-0.39, 0.29) is 11.3 Å². The van der Waals surface area contributed by atoms with Crippen LogP contribution in [0, 0.1) is 0 Å². The van der Waals surface area contributed by atoms with Crippen LogP contribution in [0.4, 0.5) is 0 Å². The van der Waals surface area contributed by atoms with Crippen LogP contribution >= 0.6 is 0 Å². The van der Waals surface area contributed by atoms with Crippen molar-refractivity contribution in [2.24, 2.45) is 0 Å². The van der Waals surface area contributed by atoms with Crippen molar-refractivity contribution < 1.29 is 20.1 Å². The molecule has 2 rings (SSSR count). The summed E-state index contributed by atoms with van der Waals surface area (Å²) in [5.74, 6) is -1.59. The van der Waals surface area contributed by atoms with Crippen LogP contribution in [0.5, 0.6) is 11.5 Å². The van der Waals surface area contributed by atoms with Gasteiger partial charge in [-0.25, -0.2) is 4.79 Å². The summed E-state index contributed by atoms with van der Waals surface area (Å²) in [5, 5.41) is 32.3. The van der Waals surface area contributed by atoms with Crippen LogP contribution in [0.15, 0.2) is 24.3 Å². The van der Waals surface area contributed by atoms with Gasteiger partial charge in [-0.2, -0.15) is 0 Å². The van der Waals surface area contributed by atoms with Crippen molar-refractivity contribution in [3.63, 3.8) is 0 Å². The number of carboxylic acids is 1. The lowest BCUT2D eigenvalue weighted by molar-refractivity contribution is -0.268. The summed E-state index contributed by atoms with van der Waals surface area (Å²) < 4.78 is 0. The van der Waals surface area contributed by atoms with Gasteiger partial charge in [0.2, 0.25) is 0 Å². The number of aryl methyl sites for hydroxylation is 1. The van der Waals surface area contributed by atoms with Crippen LogP contribution < -0.4 is 5.11 Å². The van der Waals surface area contributed by atoms with Gasteiger partial charge in [-0.1, -0.05) is 44.1 Å². The molecule has 112 valence electrons. The normalized spacial score (nSPS) is 10.9. The Kier molecular flexibility index (Phi) is 4.68. The monoisotopic (exact) mass is 287 g/mol. The standard InChI is InChI=1S/C17H20O4/c1-2-3-4-5-6-13-14-10-12(18)8-7-11(14)9-15(19)16(13)17(20)21/h7-10,18-19H,2-6H2,1H3,(H,20,21)/p-1. The molecule has 2 aromatic carbocycles. The number of phenols is 1. The fourth-order valence-electron chi connectivity index (χ4n) is 2.65. The predicted octanol–water partition coefficient (Wildman–Crippen LogP) is 3.44. The first kappa shape index (κ1) is 15.2. The van der Waals surface area contributed by atoms with Gasteiger partial charge in [0.15, 0.2) is 0 Å². The van der Waals surface area contributed by atoms with Crippen molar-refractivity contribution >= 4 is 16.7 Å². The van der Waals surface area contributed by atoms with Gasteiger partial charge in [0, 0.05) is 0 Å². The molecule has 4 heteroatoms. The Labute approximate surface area is 123 Å². The summed E-state index contributed by atoms with van der Waals surface area (Å²) in [6.07, 6.45) is 4.55. The average Bonchev–Trinajstić information content (AvgIpc) is 2.43. The number of fused-ring (bicyclic) bond motifs is 1. The van der Waals surface area contributed by atoms with Crippen LogP contribution in [-0.2, 0) is 6.42 Å². The topological polar surface area (TPSA) is 80.6 Å². The Bertz CT molecular complexity index is 661. The van der Waals surface area contributed by atoms with E-state index < -0.39 is 11.7 Å². The van der Waals surface area contributed by atoms with E-state index in [0.29, 0.717) is 22.8 Å². The first-order chi connectivity index (χ1) is 10.0. The van der Waals surface area contributed by atoms with E-state index in [4.69, 9.17) is 0 Å². The summed E-state index contributed by atoms with van der Waals surface area (Å²) in [5.41, 5.74) is 0.376. The lowest BCUT2D eigenvalue weighted by Gasteiger charge is -2.18. The first-order valence-electron chi connectivity index (χ1n) is 7.23. The average molecular weight is 287 g/mol. The number of hydrogen-bond donors (Lipinski definition) is 2. The van der Waals surface area contributed by atoms with Gasteiger partial charge in [0.1, 0.15) is 5.75 Å². The smallest absolute Gasteiger partial charge is 0.335 e. The summed E-state index contributed by atoms with van der Waals surface area (Å²) in [4.78, 5) is 11.4. The van der Waals surface area contributed by atoms with Crippen molar-refractivity contribution in [1.82, 2.24) is 0 Å². The van der Waals surface area contributed by atoms with Gasteiger partial charge < -0.3 is 15.3 Å². The maximum absolute atomic E-state index is 12.0. The van der Waals surface area contributed by atoms with Crippen LogP contribution in [-0.4, -0.2) is 16.2 Å². The van der Waals surface area contributed by atoms with Gasteiger partial charge in [-0.3, -0.25) is 0 Å². The zero-order valence-corrected chi connectivity index (χ0v) is 12.1. The molecule has 21 heavy (non-hydrogen) atoms. The van der Waals surface area contributed by atoms with Crippen molar-refractivity contribution in [2.75, 3.05) is 0 Å². The first-order valence-corrected chi connectivity index (χ1v) is 7.23. The number of carbonyl (C=O) groups is 1. The van der Waals surface area contributed by atoms with E-state index in [1.807, 2.05) is 0 Å². The zero-order chi connectivity index (χ0) is 15.4. The van der Waals surface area contributed by atoms with E-state index in [9.17, 15) is 20.1 Å². The highest BCUT2D eigenvalue weighted by atomic mass is 16.4. The number of carboxylic acid groups (broad SMARTS) is 1. The summed E-state index contributed by atoms with van der Waals surface area (Å²) in [6, 6.07) is 6.01. The quantitative estimate of drug-likeness (QED) is 0.797. The van der Waals surface area contributed by atoms with E-state index in [1.165, 1.54) is 18.2 Å². The third-order valence-corrected chi connectivity index (χ3v) is 3.69. The molecule has 4 nitrogen and oxygen atoms in total. The highest BCUT2D eigenvalue weighted by Gasteiger charge is 2.15. The van der Waals surface area contributed by atoms with Crippen molar-refractivity contribution in [3.05, 3.63) is 35.4 Å². The fourth-order valence-corrected chi connectivity index (χ4v) is 2.65. The molecule has 2 N–H and O–H groups in total. The molecule has 0 saturated carbocycles. The minimum atomic E-state index is -1.20. The molecular weight excluding hydrogens is 268 g/mol. The lowest BCUT2D eigenvalue weighted by Crippen LogP contribution is -2.09. The van der Waals surface area contributed by atoms with E-state index in [1.54, 1.807) is 6.07 Å².